The van der Waals surface area contributed by atoms with Crippen LogP contribution in [0.5, 0.6) is 0 Å². The highest BCUT2D eigenvalue weighted by Gasteiger charge is 2.39. The molecule has 0 saturated carbocycles. The zero-order valence-electron chi connectivity index (χ0n) is 22.2. The maximum atomic E-state index is 15.8. The zero-order chi connectivity index (χ0) is 26.7. The van der Waals surface area contributed by atoms with Gasteiger partial charge in [0.25, 0.3) is 0 Å². The van der Waals surface area contributed by atoms with E-state index in [1.54, 1.807) is 13.0 Å². The Bertz CT molecular complexity index is 1240. The average Bonchev–Trinajstić information content (AvgIpc) is 3.23. The number of halogens is 2. The molecule has 1 aliphatic rings. The summed E-state index contributed by atoms with van der Waals surface area (Å²) in [6.07, 6.45) is 1.24. The van der Waals surface area contributed by atoms with Gasteiger partial charge >= 0.3 is 5.97 Å². The molecule has 1 aromatic heterocycles. The number of carboxylic acids is 1. The van der Waals surface area contributed by atoms with E-state index in [9.17, 15) is 14.3 Å². The van der Waals surface area contributed by atoms with Gasteiger partial charge in [-0.3, -0.25) is 14.1 Å². The van der Waals surface area contributed by atoms with Crippen LogP contribution in [-0.4, -0.2) is 66.9 Å². The molecule has 4 rings (SSSR count). The molecular formula is C29H38F2N4O2. The predicted octanol–water partition coefficient (Wildman–Crippen LogP) is 5.06. The number of aliphatic carboxylic acids is 1. The number of alkyl halides is 1. The lowest BCUT2D eigenvalue weighted by Gasteiger charge is -2.42. The number of nitrogens with one attached hydrogen (secondary N) is 2. The van der Waals surface area contributed by atoms with E-state index in [1.807, 2.05) is 32.2 Å². The summed E-state index contributed by atoms with van der Waals surface area (Å²) in [5.74, 6) is -1.76. The van der Waals surface area contributed by atoms with Gasteiger partial charge in [0, 0.05) is 60.6 Å². The van der Waals surface area contributed by atoms with Crippen molar-refractivity contribution in [1.29, 1.82) is 0 Å². The largest absolute Gasteiger partial charge is 0.481 e. The highest BCUT2D eigenvalue weighted by atomic mass is 19.1. The molecule has 0 radical (unpaired) electrons. The first kappa shape index (κ1) is 27.1. The first-order chi connectivity index (χ1) is 17.7. The fourth-order valence-corrected chi connectivity index (χ4v) is 5.61. The standard InChI is InChI=1S/C29H38F2N4O2/c1-18(29(36)37)17-35-19(2)16-22-21-8-5-6-9-24(21)33-27(22)28(35)26-20(3)25(11-10-23(26)31)34(4)15-14-32-13-7-12-30/h5-6,8-11,18-19,28,32-33H,7,12-17H2,1-4H3,(H,36,37)/t18?,19-,28-/m1/s1. The third-order valence-electron chi connectivity index (χ3n) is 7.65. The van der Waals surface area contributed by atoms with Crippen LogP contribution in [0.15, 0.2) is 36.4 Å². The average molecular weight is 513 g/mol. The van der Waals surface area contributed by atoms with E-state index in [-0.39, 0.29) is 18.5 Å². The van der Waals surface area contributed by atoms with Crippen molar-refractivity contribution in [2.45, 2.75) is 45.7 Å². The molecule has 2 heterocycles. The van der Waals surface area contributed by atoms with Crippen LogP contribution in [-0.2, 0) is 11.2 Å². The van der Waals surface area contributed by atoms with Gasteiger partial charge in [-0.05, 0) is 62.6 Å². The minimum Gasteiger partial charge on any atom is -0.481 e. The predicted molar refractivity (Wildman–Crippen MR) is 145 cm³/mol. The SMILES string of the molecule is Cc1c(N(C)CCNCCCF)ccc(F)c1[C@@H]1c2[nH]c3ccccc3c2C[C@@H](C)N1CC(C)C(=O)O. The first-order valence-corrected chi connectivity index (χ1v) is 13.1. The normalized spacial score (nSPS) is 18.6. The number of benzene rings is 2. The lowest BCUT2D eigenvalue weighted by atomic mass is 9.85. The van der Waals surface area contributed by atoms with Gasteiger partial charge in [0.2, 0.25) is 0 Å². The summed E-state index contributed by atoms with van der Waals surface area (Å²) in [7, 11) is 1.98. The Balaban J connectivity index is 1.78. The molecular weight excluding hydrogens is 474 g/mol. The number of fused-ring (bicyclic) bond motifs is 3. The summed E-state index contributed by atoms with van der Waals surface area (Å²) in [6.45, 7) is 7.73. The molecule has 0 saturated heterocycles. The van der Waals surface area contributed by atoms with Gasteiger partial charge < -0.3 is 20.3 Å². The number of para-hydroxylation sites is 1. The minimum absolute atomic E-state index is 0.0263. The van der Waals surface area contributed by atoms with Crippen molar-refractivity contribution in [2.75, 3.05) is 44.8 Å². The number of aromatic nitrogens is 1. The molecule has 3 N–H and O–H groups in total. The Labute approximate surface area is 217 Å². The third kappa shape index (κ3) is 5.50. The molecule has 8 heteroatoms. The quantitative estimate of drug-likeness (QED) is 0.314. The van der Waals surface area contributed by atoms with Crippen molar-refractivity contribution in [1.82, 2.24) is 15.2 Å². The first-order valence-electron chi connectivity index (χ1n) is 13.1. The van der Waals surface area contributed by atoms with Gasteiger partial charge in [0.05, 0.1) is 18.6 Å². The lowest BCUT2D eigenvalue weighted by Crippen LogP contribution is -2.46. The van der Waals surface area contributed by atoms with Crippen LogP contribution in [0.1, 0.15) is 48.7 Å². The second-order valence-electron chi connectivity index (χ2n) is 10.3. The van der Waals surface area contributed by atoms with Crippen LogP contribution in [0.4, 0.5) is 14.5 Å². The zero-order valence-corrected chi connectivity index (χ0v) is 22.2. The van der Waals surface area contributed by atoms with E-state index in [1.165, 1.54) is 11.6 Å². The Hall–Kier alpha value is -2.97. The second-order valence-corrected chi connectivity index (χ2v) is 10.3. The molecule has 3 atom stereocenters. The number of aromatic amines is 1. The van der Waals surface area contributed by atoms with Crippen molar-refractivity contribution in [2.24, 2.45) is 5.92 Å². The number of hydrogen-bond donors (Lipinski definition) is 3. The van der Waals surface area contributed by atoms with Crippen molar-refractivity contribution in [3.8, 4) is 0 Å². The molecule has 2 aromatic carbocycles. The van der Waals surface area contributed by atoms with Crippen LogP contribution in [0.25, 0.3) is 10.9 Å². The highest BCUT2D eigenvalue weighted by Crippen LogP contribution is 2.44. The van der Waals surface area contributed by atoms with Crippen LogP contribution in [0.2, 0.25) is 0 Å². The van der Waals surface area contributed by atoms with Gasteiger partial charge in [-0.1, -0.05) is 25.1 Å². The van der Waals surface area contributed by atoms with E-state index in [2.05, 4.69) is 33.1 Å². The Morgan fingerprint density at radius 3 is 2.76 bits per heavy atom. The summed E-state index contributed by atoms with van der Waals surface area (Å²) in [4.78, 5) is 19.6. The van der Waals surface area contributed by atoms with E-state index < -0.39 is 17.9 Å². The summed E-state index contributed by atoms with van der Waals surface area (Å²) >= 11 is 0. The number of nitrogens with zero attached hydrogens (tertiary/aromatic N) is 2. The van der Waals surface area contributed by atoms with Gasteiger partial charge in [-0.25, -0.2) is 4.39 Å². The van der Waals surface area contributed by atoms with E-state index in [0.717, 1.165) is 34.3 Å². The van der Waals surface area contributed by atoms with Gasteiger partial charge in [-0.2, -0.15) is 0 Å². The Morgan fingerprint density at radius 1 is 1.27 bits per heavy atom. The molecule has 0 spiro atoms. The summed E-state index contributed by atoms with van der Waals surface area (Å²) in [5, 5.41) is 14.1. The van der Waals surface area contributed by atoms with Crippen LogP contribution in [0.3, 0.4) is 0 Å². The maximum absolute atomic E-state index is 15.8. The number of likely N-dealkylation sites (N-methyl/N-ethyl adjacent to an activating group) is 1. The lowest BCUT2D eigenvalue weighted by molar-refractivity contribution is -0.142. The Morgan fingerprint density at radius 2 is 2.03 bits per heavy atom. The second kappa shape index (κ2) is 11.6. The Kier molecular flexibility index (Phi) is 8.49. The number of rotatable bonds is 11. The van der Waals surface area contributed by atoms with E-state index in [0.29, 0.717) is 38.2 Å². The van der Waals surface area contributed by atoms with Crippen LogP contribution in [0, 0.1) is 18.7 Å². The molecule has 0 aliphatic carbocycles. The van der Waals surface area contributed by atoms with Gasteiger partial charge in [0.15, 0.2) is 0 Å². The smallest absolute Gasteiger partial charge is 0.307 e. The molecule has 0 bridgehead atoms. The molecule has 6 nitrogen and oxygen atoms in total. The van der Waals surface area contributed by atoms with E-state index in [4.69, 9.17) is 0 Å². The number of anilines is 1. The molecule has 37 heavy (non-hydrogen) atoms. The minimum atomic E-state index is -0.862. The molecule has 1 unspecified atom stereocenters. The number of carbonyl (C=O) groups is 1. The van der Waals surface area contributed by atoms with Crippen LogP contribution < -0.4 is 10.2 Å². The molecule has 3 aromatic rings. The topological polar surface area (TPSA) is 71.6 Å². The van der Waals surface area contributed by atoms with Crippen LogP contribution >= 0.6 is 0 Å². The third-order valence-corrected chi connectivity index (χ3v) is 7.65. The monoisotopic (exact) mass is 512 g/mol. The van der Waals surface area contributed by atoms with Gasteiger partial charge in [-0.15, -0.1) is 0 Å². The van der Waals surface area contributed by atoms with Gasteiger partial charge in [0.1, 0.15) is 5.82 Å². The molecule has 200 valence electrons. The highest BCUT2D eigenvalue weighted by molar-refractivity contribution is 5.85. The van der Waals surface area contributed by atoms with E-state index >= 15 is 4.39 Å². The molecule has 0 amide bonds. The van der Waals surface area contributed by atoms with Crippen molar-refractivity contribution < 1.29 is 18.7 Å². The number of carboxylic acid groups (broad SMARTS) is 1. The number of hydrogen-bond acceptors (Lipinski definition) is 4. The number of H-pyrrole nitrogens is 1. The summed E-state index contributed by atoms with van der Waals surface area (Å²) in [6, 6.07) is 11.0. The summed E-state index contributed by atoms with van der Waals surface area (Å²) < 4.78 is 28.2. The van der Waals surface area contributed by atoms with Crippen molar-refractivity contribution in [3.63, 3.8) is 0 Å². The fraction of sp³-hybridized carbons (Fsp3) is 0.483. The molecule has 0 fully saturated rings. The summed E-state index contributed by atoms with van der Waals surface area (Å²) in [5.41, 5.74) is 5.44. The maximum Gasteiger partial charge on any atom is 0.307 e. The van der Waals surface area contributed by atoms with Crippen molar-refractivity contribution in [3.05, 3.63) is 64.6 Å². The van der Waals surface area contributed by atoms with Crippen molar-refractivity contribution >= 4 is 22.6 Å². The molecule has 1 aliphatic heterocycles. The fourth-order valence-electron chi connectivity index (χ4n) is 5.61.